The molecule has 0 aromatic carbocycles. The van der Waals surface area contributed by atoms with E-state index in [0.29, 0.717) is 6.42 Å². The van der Waals surface area contributed by atoms with Gasteiger partial charge < -0.3 is 9.52 Å². The monoisotopic (exact) mass is 250 g/mol. The first-order chi connectivity index (χ1) is 7.83. The van der Waals surface area contributed by atoms with Crippen molar-refractivity contribution in [1.82, 2.24) is 0 Å². The number of fused-ring (bicyclic) bond motifs is 1. The smallest absolute Gasteiger partial charge is 0.106 e. The predicted octanol–water partition coefficient (Wildman–Crippen LogP) is 3.83. The van der Waals surface area contributed by atoms with Crippen molar-refractivity contribution in [2.75, 3.05) is 0 Å². The summed E-state index contributed by atoms with van der Waals surface area (Å²) in [5, 5.41) is 12.1. The third-order valence-electron chi connectivity index (χ3n) is 2.46. The summed E-state index contributed by atoms with van der Waals surface area (Å²) in [6.07, 6.45) is 1.71. The van der Waals surface area contributed by atoms with Crippen LogP contribution in [0.25, 0.3) is 9.40 Å². The molecule has 0 saturated heterocycles. The van der Waals surface area contributed by atoms with Crippen molar-refractivity contribution < 1.29 is 9.52 Å². The second kappa shape index (κ2) is 4.05. The molecule has 3 rings (SSSR count). The summed E-state index contributed by atoms with van der Waals surface area (Å²) in [4.78, 5) is 1.01. The molecule has 1 unspecified atom stereocenters. The Morgan fingerprint density at radius 3 is 3.00 bits per heavy atom. The fraction of sp³-hybridized carbons (Fsp3) is 0.167. The average Bonchev–Trinajstić information content (AvgIpc) is 2.91. The molecule has 0 bridgehead atoms. The van der Waals surface area contributed by atoms with Gasteiger partial charge >= 0.3 is 0 Å². The SMILES string of the molecule is OC(Cc1ccco1)c1cc2sccc2s1. The summed E-state index contributed by atoms with van der Waals surface area (Å²) in [6.45, 7) is 0. The van der Waals surface area contributed by atoms with E-state index in [4.69, 9.17) is 4.42 Å². The lowest BCUT2D eigenvalue weighted by Gasteiger charge is -2.05. The summed E-state index contributed by atoms with van der Waals surface area (Å²) in [7, 11) is 0. The van der Waals surface area contributed by atoms with E-state index in [2.05, 4.69) is 17.5 Å². The molecule has 16 heavy (non-hydrogen) atoms. The summed E-state index contributed by atoms with van der Waals surface area (Å²) in [5.41, 5.74) is 0. The molecule has 0 amide bonds. The fourth-order valence-electron chi connectivity index (χ4n) is 1.67. The highest BCUT2D eigenvalue weighted by molar-refractivity contribution is 7.26. The third-order valence-corrected chi connectivity index (χ3v) is 4.66. The molecule has 0 saturated carbocycles. The molecule has 3 heterocycles. The number of rotatable bonds is 3. The van der Waals surface area contributed by atoms with Gasteiger partial charge in [0, 0.05) is 20.7 Å². The predicted molar refractivity (Wildman–Crippen MR) is 67.1 cm³/mol. The first-order valence-electron chi connectivity index (χ1n) is 5.00. The third kappa shape index (κ3) is 1.80. The van der Waals surface area contributed by atoms with Crippen LogP contribution in [0.1, 0.15) is 16.7 Å². The maximum absolute atomic E-state index is 10.1. The van der Waals surface area contributed by atoms with Crippen molar-refractivity contribution in [3.8, 4) is 0 Å². The lowest BCUT2D eigenvalue weighted by Crippen LogP contribution is -1.97. The lowest BCUT2D eigenvalue weighted by molar-refractivity contribution is 0.174. The maximum atomic E-state index is 10.1. The fourth-order valence-corrected chi connectivity index (χ4v) is 3.77. The molecule has 1 atom stereocenters. The van der Waals surface area contributed by atoms with Gasteiger partial charge in [-0.25, -0.2) is 0 Å². The zero-order valence-electron chi connectivity index (χ0n) is 8.42. The number of aliphatic hydroxyl groups is 1. The second-order valence-corrected chi connectivity index (χ2v) is 5.66. The van der Waals surface area contributed by atoms with Gasteiger partial charge in [0.25, 0.3) is 0 Å². The van der Waals surface area contributed by atoms with Crippen LogP contribution in [-0.2, 0) is 6.42 Å². The minimum absolute atomic E-state index is 0.462. The van der Waals surface area contributed by atoms with E-state index in [0.717, 1.165) is 10.6 Å². The molecule has 0 aliphatic carbocycles. The Labute approximate surface area is 101 Å². The van der Waals surface area contributed by atoms with E-state index < -0.39 is 6.10 Å². The minimum Gasteiger partial charge on any atom is -0.469 e. The van der Waals surface area contributed by atoms with Crippen molar-refractivity contribution >= 4 is 32.1 Å². The van der Waals surface area contributed by atoms with Crippen LogP contribution >= 0.6 is 22.7 Å². The van der Waals surface area contributed by atoms with Crippen LogP contribution in [0, 0.1) is 0 Å². The van der Waals surface area contributed by atoms with Crippen LogP contribution in [0.15, 0.2) is 40.3 Å². The standard InChI is InChI=1S/C12H10O2S2/c13-9(6-8-2-1-4-14-8)11-7-12-10(16-11)3-5-15-12/h1-5,7,9,13H,6H2. The van der Waals surface area contributed by atoms with Gasteiger partial charge in [0.15, 0.2) is 0 Å². The molecule has 3 aromatic heterocycles. The average molecular weight is 250 g/mol. The summed E-state index contributed by atoms with van der Waals surface area (Å²) < 4.78 is 7.73. The zero-order chi connectivity index (χ0) is 11.0. The zero-order valence-corrected chi connectivity index (χ0v) is 10.1. The number of hydrogen-bond donors (Lipinski definition) is 1. The van der Waals surface area contributed by atoms with Gasteiger partial charge in [-0.1, -0.05) is 0 Å². The van der Waals surface area contributed by atoms with E-state index in [-0.39, 0.29) is 0 Å². The van der Waals surface area contributed by atoms with E-state index in [1.165, 1.54) is 9.40 Å². The molecule has 82 valence electrons. The Morgan fingerprint density at radius 1 is 1.31 bits per heavy atom. The molecule has 0 radical (unpaired) electrons. The molecule has 0 aliphatic heterocycles. The normalized spacial score (nSPS) is 13.3. The molecular weight excluding hydrogens is 240 g/mol. The Morgan fingerprint density at radius 2 is 2.25 bits per heavy atom. The Balaban J connectivity index is 1.84. The van der Waals surface area contributed by atoms with Crippen LogP contribution in [0.4, 0.5) is 0 Å². The van der Waals surface area contributed by atoms with E-state index >= 15 is 0 Å². The van der Waals surface area contributed by atoms with Crippen LogP contribution in [0.2, 0.25) is 0 Å². The van der Waals surface area contributed by atoms with Gasteiger partial charge in [0.1, 0.15) is 5.76 Å². The molecule has 0 fully saturated rings. The molecule has 3 aromatic rings. The second-order valence-electron chi connectivity index (χ2n) is 3.60. The first-order valence-corrected chi connectivity index (χ1v) is 6.70. The molecule has 2 nitrogen and oxygen atoms in total. The van der Waals surface area contributed by atoms with Gasteiger partial charge in [0.05, 0.1) is 12.4 Å². The Bertz CT molecular complexity index is 548. The summed E-state index contributed by atoms with van der Waals surface area (Å²) in [5.74, 6) is 0.823. The Hall–Kier alpha value is -1.10. The van der Waals surface area contributed by atoms with E-state index in [1.807, 2.05) is 12.1 Å². The largest absolute Gasteiger partial charge is 0.469 e. The number of aliphatic hydroxyl groups excluding tert-OH is 1. The van der Waals surface area contributed by atoms with Gasteiger partial charge in [-0.3, -0.25) is 0 Å². The van der Waals surface area contributed by atoms with Crippen molar-refractivity contribution in [1.29, 1.82) is 0 Å². The van der Waals surface area contributed by atoms with Gasteiger partial charge in [0.2, 0.25) is 0 Å². The van der Waals surface area contributed by atoms with Gasteiger partial charge in [-0.15, -0.1) is 22.7 Å². The van der Waals surface area contributed by atoms with Crippen molar-refractivity contribution in [3.63, 3.8) is 0 Å². The Kier molecular flexibility index (Phi) is 2.55. The molecule has 0 spiro atoms. The summed E-state index contributed by atoms with van der Waals surface area (Å²) >= 11 is 3.36. The summed E-state index contributed by atoms with van der Waals surface area (Å²) in [6, 6.07) is 7.89. The minimum atomic E-state index is -0.462. The highest BCUT2D eigenvalue weighted by Gasteiger charge is 2.13. The molecular formula is C12H10O2S2. The van der Waals surface area contributed by atoms with Crippen molar-refractivity contribution in [2.24, 2.45) is 0 Å². The van der Waals surface area contributed by atoms with Crippen molar-refractivity contribution in [3.05, 3.63) is 46.5 Å². The highest BCUT2D eigenvalue weighted by Crippen LogP contribution is 2.34. The lowest BCUT2D eigenvalue weighted by atomic mass is 10.2. The van der Waals surface area contributed by atoms with E-state index in [9.17, 15) is 5.11 Å². The quantitative estimate of drug-likeness (QED) is 0.766. The number of hydrogen-bond acceptors (Lipinski definition) is 4. The molecule has 1 N–H and O–H groups in total. The molecule has 4 heteroatoms. The molecule has 0 aliphatic rings. The van der Waals surface area contributed by atoms with E-state index in [1.54, 1.807) is 28.9 Å². The van der Waals surface area contributed by atoms with Gasteiger partial charge in [-0.05, 0) is 29.6 Å². The van der Waals surface area contributed by atoms with Crippen molar-refractivity contribution in [2.45, 2.75) is 12.5 Å². The topological polar surface area (TPSA) is 33.4 Å². The first kappa shape index (κ1) is 10.1. The highest BCUT2D eigenvalue weighted by atomic mass is 32.1. The number of thiophene rings is 2. The van der Waals surface area contributed by atoms with Crippen LogP contribution in [0.3, 0.4) is 0 Å². The van der Waals surface area contributed by atoms with Crippen LogP contribution in [0.5, 0.6) is 0 Å². The maximum Gasteiger partial charge on any atom is 0.106 e. The number of furan rings is 1. The van der Waals surface area contributed by atoms with Crippen LogP contribution in [-0.4, -0.2) is 5.11 Å². The van der Waals surface area contributed by atoms with Crippen LogP contribution < -0.4 is 0 Å². The van der Waals surface area contributed by atoms with Gasteiger partial charge in [-0.2, -0.15) is 0 Å².